The fourth-order valence-corrected chi connectivity index (χ4v) is 12.7. The molecule has 1 aliphatic heterocycles. The number of hydrogen-bond acceptors (Lipinski definition) is 9. The van der Waals surface area contributed by atoms with Crippen LogP contribution in [0.5, 0.6) is 0 Å². The molecule has 9 heteroatoms. The fraction of sp³-hybridized carbons (Fsp3) is 0.574. The number of epoxide rings is 1. The van der Waals surface area contributed by atoms with Crippen LogP contribution in [0.3, 0.4) is 0 Å². The Morgan fingerprint density at radius 2 is 1.30 bits per heavy atom. The van der Waals surface area contributed by atoms with E-state index in [1.165, 1.54) is 30.6 Å². The maximum absolute atomic E-state index is 12.8. The van der Waals surface area contributed by atoms with E-state index in [1.807, 2.05) is 6.08 Å². The minimum atomic E-state index is -0.431. The highest BCUT2D eigenvalue weighted by Gasteiger charge is 2.78. The first-order chi connectivity index (χ1) is 26.0. The van der Waals surface area contributed by atoms with Crippen LogP contribution in [0.1, 0.15) is 100 Å². The SMILES string of the molecule is C.CC(=O)OCC(=O)C1=CCC2C3CCC4=CC(=O)C=C[C@]4(C)C34OC4C[C@]12C.CC(=O)OCC(=O)C1=CCC2C3CCC4=CC(=O)C=C[C@]4(C)C3=CC[C@]12C. The molecule has 8 aliphatic carbocycles. The third kappa shape index (κ3) is 5.80. The highest BCUT2D eigenvalue weighted by atomic mass is 16.6. The van der Waals surface area contributed by atoms with Crippen LogP contribution < -0.4 is 0 Å². The van der Waals surface area contributed by atoms with Crippen molar-refractivity contribution in [3.05, 3.63) is 82.5 Å². The van der Waals surface area contributed by atoms with Crippen LogP contribution in [0, 0.1) is 45.3 Å². The van der Waals surface area contributed by atoms with E-state index in [9.17, 15) is 28.8 Å². The lowest BCUT2D eigenvalue weighted by Gasteiger charge is -2.54. The molecule has 0 amide bonds. The van der Waals surface area contributed by atoms with Gasteiger partial charge in [0.15, 0.2) is 36.3 Å². The van der Waals surface area contributed by atoms with Gasteiger partial charge in [-0.3, -0.25) is 28.8 Å². The molecule has 56 heavy (non-hydrogen) atoms. The normalized spacial score (nSPS) is 40.2. The molecule has 0 N–H and O–H groups in total. The van der Waals surface area contributed by atoms with Gasteiger partial charge in [0.25, 0.3) is 0 Å². The second-order valence-electron chi connectivity index (χ2n) is 18.1. The Bertz CT molecular complexity index is 2040. The van der Waals surface area contributed by atoms with Gasteiger partial charge in [0.05, 0.1) is 6.10 Å². The number of rotatable bonds is 6. The molecule has 1 saturated heterocycles. The monoisotopic (exact) mass is 764 g/mol. The van der Waals surface area contributed by atoms with E-state index < -0.39 is 11.9 Å². The third-order valence-electron chi connectivity index (χ3n) is 15.5. The summed E-state index contributed by atoms with van der Waals surface area (Å²) < 4.78 is 16.4. The van der Waals surface area contributed by atoms with Crippen molar-refractivity contribution in [1.29, 1.82) is 0 Å². The van der Waals surface area contributed by atoms with Gasteiger partial charge < -0.3 is 14.2 Å². The highest BCUT2D eigenvalue weighted by molar-refractivity contribution is 6.02. The molecular formula is C47H56O9. The summed E-state index contributed by atoms with van der Waals surface area (Å²) in [4.78, 5) is 71.4. The largest absolute Gasteiger partial charge is 0.457 e. The number of allylic oxidation sites excluding steroid dienone is 10. The van der Waals surface area contributed by atoms with Gasteiger partial charge in [-0.25, -0.2) is 0 Å². The van der Waals surface area contributed by atoms with Crippen LogP contribution in [-0.2, 0) is 43.0 Å². The lowest BCUT2D eigenvalue weighted by Crippen LogP contribution is -2.56. The lowest BCUT2D eigenvalue weighted by atomic mass is 9.47. The highest BCUT2D eigenvalue weighted by Crippen LogP contribution is 2.74. The van der Waals surface area contributed by atoms with Crippen molar-refractivity contribution in [2.24, 2.45) is 45.3 Å². The average molecular weight is 765 g/mol. The fourth-order valence-electron chi connectivity index (χ4n) is 12.7. The summed E-state index contributed by atoms with van der Waals surface area (Å²) in [7, 11) is 0. The second-order valence-corrected chi connectivity index (χ2v) is 18.1. The topological polar surface area (TPSA) is 133 Å². The number of ether oxygens (including phenoxy) is 3. The van der Waals surface area contributed by atoms with Crippen LogP contribution in [0.2, 0.25) is 0 Å². The molecule has 1 heterocycles. The van der Waals surface area contributed by atoms with Gasteiger partial charge in [-0.15, -0.1) is 0 Å². The van der Waals surface area contributed by atoms with E-state index in [-0.39, 0.29) is 77.1 Å². The number of fused-ring (bicyclic) bond motifs is 8. The molecule has 0 aromatic carbocycles. The summed E-state index contributed by atoms with van der Waals surface area (Å²) in [6, 6.07) is 0. The Morgan fingerprint density at radius 3 is 1.95 bits per heavy atom. The summed E-state index contributed by atoms with van der Waals surface area (Å²) in [5, 5.41) is 0. The summed E-state index contributed by atoms with van der Waals surface area (Å²) in [5.74, 6) is 0.643. The Hall–Kier alpha value is -4.24. The Labute approximate surface area is 330 Å². The number of carbonyl (C=O) groups excluding carboxylic acids is 6. The zero-order chi connectivity index (χ0) is 39.3. The molecule has 0 aromatic rings. The maximum Gasteiger partial charge on any atom is 0.303 e. The van der Waals surface area contributed by atoms with Crippen molar-refractivity contribution >= 4 is 35.1 Å². The van der Waals surface area contributed by atoms with Crippen LogP contribution in [0.4, 0.5) is 0 Å². The van der Waals surface area contributed by atoms with Gasteiger partial charge in [0.1, 0.15) is 5.60 Å². The molecule has 9 rings (SSSR count). The smallest absolute Gasteiger partial charge is 0.303 e. The quantitative estimate of drug-likeness (QED) is 0.152. The van der Waals surface area contributed by atoms with Crippen LogP contribution in [0.15, 0.2) is 82.5 Å². The predicted molar refractivity (Wildman–Crippen MR) is 210 cm³/mol. The molecule has 4 fully saturated rings. The minimum absolute atomic E-state index is 0. The molecule has 6 unspecified atom stereocenters. The summed E-state index contributed by atoms with van der Waals surface area (Å²) in [5.41, 5.74) is 4.37. The first-order valence-electron chi connectivity index (χ1n) is 20.0. The van der Waals surface area contributed by atoms with E-state index in [1.54, 1.807) is 18.2 Å². The lowest BCUT2D eigenvalue weighted by molar-refractivity contribution is -0.145. The van der Waals surface area contributed by atoms with Crippen LogP contribution in [0.25, 0.3) is 0 Å². The molecule has 298 valence electrons. The van der Waals surface area contributed by atoms with Crippen LogP contribution >= 0.6 is 0 Å². The first kappa shape index (κ1) is 40.0. The molecule has 10 atom stereocenters. The number of hydrogen-bond donors (Lipinski definition) is 0. The zero-order valence-corrected chi connectivity index (χ0v) is 32.8. The van der Waals surface area contributed by atoms with Gasteiger partial charge in [-0.05, 0) is 113 Å². The van der Waals surface area contributed by atoms with E-state index in [4.69, 9.17) is 14.2 Å². The number of ketones is 4. The molecule has 0 aromatic heterocycles. The molecule has 9 nitrogen and oxygen atoms in total. The van der Waals surface area contributed by atoms with Crippen LogP contribution in [-0.4, -0.2) is 60.0 Å². The van der Waals surface area contributed by atoms with Gasteiger partial charge >= 0.3 is 11.9 Å². The number of esters is 2. The average Bonchev–Trinajstić information content (AvgIpc) is 3.58. The standard InChI is InChI=1S/C23H26O5.C23H26O4.CH4/c1-13(24)27-12-19(26)18-7-6-16-17-5-4-14-10-15(25)8-9-22(14,3)23(17)20(28-23)11-21(16,18)2;1-14(24)27-13-21(26)20-7-6-18-17-5-4-15-12-16(25)8-10-22(15,2)19(17)9-11-23(18,20)3;/h7-10,16-17,20H,4-6,11-12H2,1-3H3;7-10,12,17-18H,4-6,11,13H2,1-3H3;1H4/t16?,17?,20?,21-,22-,23?;17?,18?,22-,23-;/m00./s1. The Kier molecular flexibility index (Phi) is 9.78. The summed E-state index contributed by atoms with van der Waals surface area (Å²) >= 11 is 0. The predicted octanol–water partition coefficient (Wildman–Crippen LogP) is 7.61. The molecule has 9 aliphatic rings. The van der Waals surface area contributed by atoms with Crippen molar-refractivity contribution in [2.75, 3.05) is 13.2 Å². The Balaban J connectivity index is 0.000000169. The number of Topliss-reactive ketones (excluding diaryl/α,β-unsaturated/α-hetero) is 2. The minimum Gasteiger partial charge on any atom is -0.457 e. The van der Waals surface area contributed by atoms with Gasteiger partial charge in [0, 0.05) is 46.7 Å². The summed E-state index contributed by atoms with van der Waals surface area (Å²) in [6.07, 6.45) is 24.9. The van der Waals surface area contributed by atoms with Crippen molar-refractivity contribution in [1.82, 2.24) is 0 Å². The second kappa shape index (κ2) is 13.7. The molecule has 3 saturated carbocycles. The van der Waals surface area contributed by atoms with Gasteiger partial charge in [-0.1, -0.05) is 68.4 Å². The zero-order valence-electron chi connectivity index (χ0n) is 32.8. The maximum atomic E-state index is 12.8. The van der Waals surface area contributed by atoms with E-state index in [2.05, 4.69) is 58.1 Å². The number of carbonyl (C=O) groups is 6. The first-order valence-corrected chi connectivity index (χ1v) is 20.0. The van der Waals surface area contributed by atoms with Gasteiger partial charge in [-0.2, -0.15) is 0 Å². The van der Waals surface area contributed by atoms with E-state index >= 15 is 0 Å². The molecule has 1 spiro atoms. The molecule has 0 bridgehead atoms. The molecule has 0 radical (unpaired) electrons. The van der Waals surface area contributed by atoms with Crippen molar-refractivity contribution in [2.45, 2.75) is 112 Å². The Morgan fingerprint density at radius 1 is 0.732 bits per heavy atom. The third-order valence-corrected chi connectivity index (χ3v) is 15.5. The van der Waals surface area contributed by atoms with Crippen molar-refractivity contribution in [3.63, 3.8) is 0 Å². The van der Waals surface area contributed by atoms with E-state index in [0.717, 1.165) is 62.5 Å². The summed E-state index contributed by atoms with van der Waals surface area (Å²) in [6.45, 7) is 11.1. The van der Waals surface area contributed by atoms with E-state index in [0.29, 0.717) is 23.7 Å². The van der Waals surface area contributed by atoms with Crippen molar-refractivity contribution < 1.29 is 43.0 Å². The molecular weight excluding hydrogens is 709 g/mol. The van der Waals surface area contributed by atoms with Gasteiger partial charge in [0.2, 0.25) is 0 Å². The van der Waals surface area contributed by atoms with Crippen molar-refractivity contribution in [3.8, 4) is 0 Å².